The fourth-order valence-electron chi connectivity index (χ4n) is 2.80. The van der Waals surface area contributed by atoms with Crippen molar-refractivity contribution >= 4 is 28.6 Å². The van der Waals surface area contributed by atoms with E-state index in [4.69, 9.17) is 16.3 Å². The van der Waals surface area contributed by atoms with Crippen LogP contribution in [0.4, 0.5) is 10.2 Å². The summed E-state index contributed by atoms with van der Waals surface area (Å²) in [5.41, 5.74) is 2.34. The van der Waals surface area contributed by atoms with E-state index in [1.54, 1.807) is 18.5 Å². The second kappa shape index (κ2) is 6.33. The van der Waals surface area contributed by atoms with Gasteiger partial charge in [-0.25, -0.2) is 9.37 Å². The number of anilines is 1. The standard InChI is InChI=1S/C16H15ClFN5O/c17-16-20-14(22-5-7-24-8-6-22)13-15(21-16)23(10-19-13)9-11-1-3-12(18)4-2-11/h1-4,10H,5-9H2. The van der Waals surface area contributed by atoms with Crippen LogP contribution in [0.25, 0.3) is 11.2 Å². The molecule has 0 aliphatic carbocycles. The molecule has 0 spiro atoms. The predicted molar refractivity (Wildman–Crippen MR) is 88.9 cm³/mol. The van der Waals surface area contributed by atoms with Crippen molar-refractivity contribution in [3.8, 4) is 0 Å². The summed E-state index contributed by atoms with van der Waals surface area (Å²) < 4.78 is 20.3. The molecule has 0 saturated carbocycles. The van der Waals surface area contributed by atoms with Gasteiger partial charge in [0.1, 0.15) is 5.82 Å². The topological polar surface area (TPSA) is 56.1 Å². The summed E-state index contributed by atoms with van der Waals surface area (Å²) in [5, 5.41) is 0.185. The lowest BCUT2D eigenvalue weighted by Crippen LogP contribution is -2.37. The summed E-state index contributed by atoms with van der Waals surface area (Å²) >= 11 is 6.12. The highest BCUT2D eigenvalue weighted by atomic mass is 35.5. The maximum absolute atomic E-state index is 13.1. The van der Waals surface area contributed by atoms with Crippen LogP contribution < -0.4 is 4.90 Å². The number of hydrogen-bond donors (Lipinski definition) is 0. The monoisotopic (exact) mass is 347 g/mol. The second-order valence-electron chi connectivity index (χ2n) is 5.59. The first-order valence-electron chi connectivity index (χ1n) is 7.66. The minimum absolute atomic E-state index is 0.185. The van der Waals surface area contributed by atoms with Crippen molar-refractivity contribution in [2.24, 2.45) is 0 Å². The summed E-state index contributed by atoms with van der Waals surface area (Å²) in [5.74, 6) is 0.473. The molecule has 1 fully saturated rings. The molecule has 0 atom stereocenters. The van der Waals surface area contributed by atoms with Gasteiger partial charge in [0, 0.05) is 13.1 Å². The first kappa shape index (κ1) is 15.3. The molecule has 3 heterocycles. The Morgan fingerprint density at radius 1 is 1.12 bits per heavy atom. The molecule has 3 aromatic rings. The number of benzene rings is 1. The number of fused-ring (bicyclic) bond motifs is 1. The van der Waals surface area contributed by atoms with Gasteiger partial charge >= 0.3 is 0 Å². The summed E-state index contributed by atoms with van der Waals surface area (Å²) in [6.45, 7) is 3.33. The maximum Gasteiger partial charge on any atom is 0.226 e. The average Bonchev–Trinajstić information content (AvgIpc) is 3.00. The molecule has 1 aromatic carbocycles. The van der Waals surface area contributed by atoms with Crippen molar-refractivity contribution in [3.63, 3.8) is 0 Å². The van der Waals surface area contributed by atoms with Gasteiger partial charge in [-0.1, -0.05) is 12.1 Å². The number of rotatable bonds is 3. The lowest BCUT2D eigenvalue weighted by molar-refractivity contribution is 0.122. The highest BCUT2D eigenvalue weighted by Gasteiger charge is 2.20. The lowest BCUT2D eigenvalue weighted by Gasteiger charge is -2.27. The van der Waals surface area contributed by atoms with Crippen molar-refractivity contribution in [1.29, 1.82) is 0 Å². The molecule has 0 radical (unpaired) electrons. The van der Waals surface area contributed by atoms with Crippen LogP contribution in [0.2, 0.25) is 5.28 Å². The second-order valence-corrected chi connectivity index (χ2v) is 5.92. The highest BCUT2D eigenvalue weighted by Crippen LogP contribution is 2.25. The molecule has 8 heteroatoms. The van der Waals surface area contributed by atoms with Crippen molar-refractivity contribution in [2.75, 3.05) is 31.2 Å². The van der Waals surface area contributed by atoms with E-state index in [9.17, 15) is 4.39 Å². The summed E-state index contributed by atoms with van der Waals surface area (Å²) in [7, 11) is 0. The average molecular weight is 348 g/mol. The lowest BCUT2D eigenvalue weighted by atomic mass is 10.2. The first-order chi connectivity index (χ1) is 11.7. The molecule has 2 aromatic heterocycles. The number of nitrogens with zero attached hydrogens (tertiary/aromatic N) is 5. The third-order valence-corrected chi connectivity index (χ3v) is 4.16. The van der Waals surface area contributed by atoms with Gasteiger partial charge in [0.25, 0.3) is 0 Å². The summed E-state index contributed by atoms with van der Waals surface area (Å²) in [6.07, 6.45) is 1.71. The highest BCUT2D eigenvalue weighted by molar-refractivity contribution is 6.28. The van der Waals surface area contributed by atoms with Gasteiger partial charge in [0.2, 0.25) is 5.28 Å². The molecule has 124 valence electrons. The van der Waals surface area contributed by atoms with Gasteiger partial charge in [0.05, 0.1) is 26.1 Å². The van der Waals surface area contributed by atoms with Crippen molar-refractivity contribution < 1.29 is 9.13 Å². The van der Waals surface area contributed by atoms with Crippen LogP contribution in [0.5, 0.6) is 0 Å². The molecular weight excluding hydrogens is 333 g/mol. The van der Waals surface area contributed by atoms with E-state index < -0.39 is 0 Å². The Morgan fingerprint density at radius 2 is 1.88 bits per heavy atom. The fourth-order valence-corrected chi connectivity index (χ4v) is 2.96. The Morgan fingerprint density at radius 3 is 2.62 bits per heavy atom. The van der Waals surface area contributed by atoms with E-state index in [1.807, 2.05) is 4.57 Å². The Labute approximate surface area is 142 Å². The minimum Gasteiger partial charge on any atom is -0.378 e. The normalized spacial score (nSPS) is 15.2. The van der Waals surface area contributed by atoms with Gasteiger partial charge < -0.3 is 14.2 Å². The third kappa shape index (κ3) is 2.92. The quantitative estimate of drug-likeness (QED) is 0.681. The van der Waals surface area contributed by atoms with Crippen LogP contribution in [-0.4, -0.2) is 45.8 Å². The van der Waals surface area contributed by atoms with Crippen LogP contribution in [0.1, 0.15) is 5.56 Å². The molecule has 1 aliphatic heterocycles. The van der Waals surface area contributed by atoms with Crippen molar-refractivity contribution in [2.45, 2.75) is 6.54 Å². The third-order valence-electron chi connectivity index (χ3n) is 3.99. The zero-order valence-corrected chi connectivity index (χ0v) is 13.6. The molecule has 1 aliphatic rings. The van der Waals surface area contributed by atoms with Gasteiger partial charge in [-0.2, -0.15) is 9.97 Å². The van der Waals surface area contributed by atoms with Gasteiger partial charge in [-0.05, 0) is 29.3 Å². The summed E-state index contributed by atoms with van der Waals surface area (Å²) in [6, 6.07) is 6.37. The van der Waals surface area contributed by atoms with Crippen LogP contribution in [-0.2, 0) is 11.3 Å². The van der Waals surface area contributed by atoms with E-state index in [0.717, 1.165) is 24.5 Å². The molecule has 4 rings (SSSR count). The SMILES string of the molecule is Fc1ccc(Cn2cnc3c(N4CCOCC4)nc(Cl)nc32)cc1. The number of hydrogen-bond acceptors (Lipinski definition) is 5. The number of aromatic nitrogens is 4. The van der Waals surface area contributed by atoms with E-state index in [-0.39, 0.29) is 11.1 Å². The van der Waals surface area contributed by atoms with Crippen LogP contribution in [0, 0.1) is 5.82 Å². The van der Waals surface area contributed by atoms with Crippen LogP contribution in [0.15, 0.2) is 30.6 Å². The number of imidazole rings is 1. The Balaban J connectivity index is 1.72. The van der Waals surface area contributed by atoms with Crippen LogP contribution >= 0.6 is 11.6 Å². The van der Waals surface area contributed by atoms with Gasteiger partial charge in [-0.3, -0.25) is 0 Å². The molecule has 0 amide bonds. The zero-order valence-electron chi connectivity index (χ0n) is 12.8. The fraction of sp³-hybridized carbons (Fsp3) is 0.312. The van der Waals surface area contributed by atoms with E-state index in [2.05, 4.69) is 19.9 Å². The Kier molecular flexibility index (Phi) is 4.03. The predicted octanol–water partition coefficient (Wildman–Crippen LogP) is 2.50. The first-order valence-corrected chi connectivity index (χ1v) is 8.04. The molecular formula is C16H15ClFN5O. The smallest absolute Gasteiger partial charge is 0.226 e. The Bertz CT molecular complexity index is 861. The summed E-state index contributed by atoms with van der Waals surface area (Å²) in [4.78, 5) is 15.3. The molecule has 24 heavy (non-hydrogen) atoms. The van der Waals surface area contributed by atoms with Crippen molar-refractivity contribution in [1.82, 2.24) is 19.5 Å². The maximum atomic E-state index is 13.1. The number of halogens is 2. The van der Waals surface area contributed by atoms with E-state index in [1.165, 1.54) is 12.1 Å². The van der Waals surface area contributed by atoms with Gasteiger partial charge in [0.15, 0.2) is 17.0 Å². The van der Waals surface area contributed by atoms with E-state index in [0.29, 0.717) is 30.9 Å². The molecule has 1 saturated heterocycles. The largest absolute Gasteiger partial charge is 0.378 e. The zero-order chi connectivity index (χ0) is 16.5. The van der Waals surface area contributed by atoms with Crippen LogP contribution in [0.3, 0.4) is 0 Å². The van der Waals surface area contributed by atoms with E-state index >= 15 is 0 Å². The van der Waals surface area contributed by atoms with Gasteiger partial charge in [-0.15, -0.1) is 0 Å². The Hall–Kier alpha value is -2.25. The molecule has 0 unspecified atom stereocenters. The number of morpholine rings is 1. The number of ether oxygens (including phenoxy) is 1. The molecule has 6 nitrogen and oxygen atoms in total. The minimum atomic E-state index is -0.255. The molecule has 0 bridgehead atoms. The molecule has 0 N–H and O–H groups in total. The van der Waals surface area contributed by atoms with Crippen molar-refractivity contribution in [3.05, 3.63) is 47.3 Å².